The van der Waals surface area contributed by atoms with Gasteiger partial charge in [0.15, 0.2) is 0 Å². The lowest BCUT2D eigenvalue weighted by atomic mass is 10.1. The molecule has 0 atom stereocenters. The van der Waals surface area contributed by atoms with Crippen molar-refractivity contribution in [3.8, 4) is 11.5 Å². The number of hydrogen-bond acceptors (Lipinski definition) is 2. The second-order valence-electron chi connectivity index (χ2n) is 4.43. The lowest BCUT2D eigenvalue weighted by molar-refractivity contribution is 0.488. The van der Waals surface area contributed by atoms with Gasteiger partial charge in [0.2, 0.25) is 0 Å². The summed E-state index contributed by atoms with van der Waals surface area (Å²) in [4.78, 5) is 0. The van der Waals surface area contributed by atoms with Crippen LogP contribution in [0.2, 0.25) is 0 Å². The third-order valence-corrected chi connectivity index (χ3v) is 3.11. The minimum atomic E-state index is 0.537. The Morgan fingerprint density at radius 2 is 1.68 bits per heavy atom. The fourth-order valence-electron chi connectivity index (χ4n) is 2.12. The highest BCUT2D eigenvalue weighted by atomic mass is 16.5. The van der Waals surface area contributed by atoms with Crippen LogP contribution in [0.4, 0.5) is 0 Å². The highest BCUT2D eigenvalue weighted by molar-refractivity contribution is 5.89. The van der Waals surface area contributed by atoms with Crippen molar-refractivity contribution >= 4 is 10.8 Å². The van der Waals surface area contributed by atoms with E-state index in [-0.39, 0.29) is 0 Å². The minimum absolute atomic E-state index is 0.537. The molecule has 0 spiro atoms. The summed E-state index contributed by atoms with van der Waals surface area (Å²) >= 11 is 0. The molecule has 0 aromatic heterocycles. The molecule has 19 heavy (non-hydrogen) atoms. The van der Waals surface area contributed by atoms with E-state index >= 15 is 0 Å². The SMILES string of the molecule is NCc1ccc2cccc(Oc3ccccc3)c2c1. The minimum Gasteiger partial charge on any atom is -0.457 e. The molecule has 0 bridgehead atoms. The molecule has 2 heteroatoms. The molecule has 0 aliphatic rings. The summed E-state index contributed by atoms with van der Waals surface area (Å²) in [6.07, 6.45) is 0. The van der Waals surface area contributed by atoms with Gasteiger partial charge >= 0.3 is 0 Å². The summed E-state index contributed by atoms with van der Waals surface area (Å²) in [7, 11) is 0. The Morgan fingerprint density at radius 1 is 0.842 bits per heavy atom. The van der Waals surface area contributed by atoms with Crippen molar-refractivity contribution in [2.75, 3.05) is 0 Å². The summed E-state index contributed by atoms with van der Waals surface area (Å²) < 4.78 is 5.95. The molecule has 3 aromatic carbocycles. The van der Waals surface area contributed by atoms with Gasteiger partial charge < -0.3 is 10.5 Å². The van der Waals surface area contributed by atoms with Crippen LogP contribution in [0, 0.1) is 0 Å². The number of nitrogens with two attached hydrogens (primary N) is 1. The summed E-state index contributed by atoms with van der Waals surface area (Å²) in [5, 5.41) is 2.25. The molecule has 0 aliphatic heterocycles. The molecule has 0 amide bonds. The maximum absolute atomic E-state index is 5.95. The van der Waals surface area contributed by atoms with Crippen molar-refractivity contribution in [3.63, 3.8) is 0 Å². The van der Waals surface area contributed by atoms with E-state index in [9.17, 15) is 0 Å². The molecule has 3 rings (SSSR count). The molecule has 0 fully saturated rings. The first-order valence-electron chi connectivity index (χ1n) is 6.31. The van der Waals surface area contributed by atoms with Gasteiger partial charge in [-0.3, -0.25) is 0 Å². The highest BCUT2D eigenvalue weighted by Crippen LogP contribution is 2.30. The standard InChI is InChI=1S/C17H15NO/c18-12-13-9-10-14-5-4-8-17(16(14)11-13)19-15-6-2-1-3-7-15/h1-11H,12,18H2. The van der Waals surface area contributed by atoms with Crippen molar-refractivity contribution < 1.29 is 4.74 Å². The van der Waals surface area contributed by atoms with Gasteiger partial charge in [0.05, 0.1) is 0 Å². The van der Waals surface area contributed by atoms with E-state index in [0.717, 1.165) is 27.8 Å². The largest absolute Gasteiger partial charge is 0.457 e. The molecule has 0 radical (unpaired) electrons. The van der Waals surface area contributed by atoms with Crippen LogP contribution < -0.4 is 10.5 Å². The van der Waals surface area contributed by atoms with Gasteiger partial charge in [-0.1, -0.05) is 42.5 Å². The predicted octanol–water partition coefficient (Wildman–Crippen LogP) is 4.09. The Balaban J connectivity index is 2.07. The Bertz CT molecular complexity index is 692. The average Bonchev–Trinajstić information content (AvgIpc) is 2.48. The molecular formula is C17H15NO. The normalized spacial score (nSPS) is 10.6. The zero-order valence-corrected chi connectivity index (χ0v) is 10.5. The van der Waals surface area contributed by atoms with E-state index in [1.165, 1.54) is 0 Å². The third kappa shape index (κ3) is 2.44. The van der Waals surface area contributed by atoms with Crippen molar-refractivity contribution in [1.29, 1.82) is 0 Å². The van der Waals surface area contributed by atoms with Crippen molar-refractivity contribution in [2.45, 2.75) is 6.54 Å². The van der Waals surface area contributed by atoms with E-state index in [1.54, 1.807) is 0 Å². The van der Waals surface area contributed by atoms with E-state index < -0.39 is 0 Å². The van der Waals surface area contributed by atoms with E-state index in [1.807, 2.05) is 42.5 Å². The second kappa shape index (κ2) is 5.12. The van der Waals surface area contributed by atoms with E-state index in [2.05, 4.69) is 24.3 Å². The van der Waals surface area contributed by atoms with Gasteiger partial charge in [-0.2, -0.15) is 0 Å². The zero-order chi connectivity index (χ0) is 13.1. The molecule has 3 aromatic rings. The topological polar surface area (TPSA) is 35.2 Å². The molecule has 0 saturated carbocycles. The van der Waals surface area contributed by atoms with Crippen LogP contribution in [0.25, 0.3) is 10.8 Å². The maximum Gasteiger partial charge on any atom is 0.135 e. The number of para-hydroxylation sites is 1. The molecule has 0 saturated heterocycles. The van der Waals surface area contributed by atoms with Gasteiger partial charge in [-0.15, -0.1) is 0 Å². The van der Waals surface area contributed by atoms with E-state index in [0.29, 0.717) is 6.54 Å². The summed E-state index contributed by atoms with van der Waals surface area (Å²) in [5.41, 5.74) is 6.81. The van der Waals surface area contributed by atoms with Crippen LogP contribution in [0.15, 0.2) is 66.7 Å². The summed E-state index contributed by atoms with van der Waals surface area (Å²) in [5.74, 6) is 1.70. The van der Waals surface area contributed by atoms with Crippen molar-refractivity contribution in [1.82, 2.24) is 0 Å². The fraction of sp³-hybridized carbons (Fsp3) is 0.0588. The predicted molar refractivity (Wildman–Crippen MR) is 78.4 cm³/mol. The monoisotopic (exact) mass is 249 g/mol. The lowest BCUT2D eigenvalue weighted by Gasteiger charge is -2.10. The molecule has 94 valence electrons. The zero-order valence-electron chi connectivity index (χ0n) is 10.5. The number of hydrogen-bond donors (Lipinski definition) is 1. The van der Waals surface area contributed by atoms with Crippen LogP contribution in [0.1, 0.15) is 5.56 Å². The first kappa shape index (κ1) is 11.8. The second-order valence-corrected chi connectivity index (χ2v) is 4.43. The molecule has 2 nitrogen and oxygen atoms in total. The Hall–Kier alpha value is -2.32. The van der Waals surface area contributed by atoms with Crippen LogP contribution >= 0.6 is 0 Å². The number of fused-ring (bicyclic) bond motifs is 1. The van der Waals surface area contributed by atoms with Gasteiger partial charge in [0.25, 0.3) is 0 Å². The van der Waals surface area contributed by atoms with E-state index in [4.69, 9.17) is 10.5 Å². The summed E-state index contributed by atoms with van der Waals surface area (Å²) in [6.45, 7) is 0.537. The highest BCUT2D eigenvalue weighted by Gasteiger charge is 2.04. The number of benzene rings is 3. The molecule has 2 N–H and O–H groups in total. The van der Waals surface area contributed by atoms with Gasteiger partial charge in [-0.05, 0) is 35.2 Å². The van der Waals surface area contributed by atoms with Gasteiger partial charge in [0.1, 0.15) is 11.5 Å². The Morgan fingerprint density at radius 3 is 2.47 bits per heavy atom. The first-order valence-corrected chi connectivity index (χ1v) is 6.31. The maximum atomic E-state index is 5.95. The quantitative estimate of drug-likeness (QED) is 0.758. The molecular weight excluding hydrogens is 234 g/mol. The van der Waals surface area contributed by atoms with Crippen molar-refractivity contribution in [2.24, 2.45) is 5.73 Å². The molecule has 0 unspecified atom stereocenters. The summed E-state index contributed by atoms with van der Waals surface area (Å²) in [6, 6.07) is 22.1. The lowest BCUT2D eigenvalue weighted by Crippen LogP contribution is -1.95. The van der Waals surface area contributed by atoms with Crippen LogP contribution in [-0.4, -0.2) is 0 Å². The third-order valence-electron chi connectivity index (χ3n) is 3.11. The number of rotatable bonds is 3. The van der Waals surface area contributed by atoms with Crippen LogP contribution in [0.3, 0.4) is 0 Å². The first-order chi connectivity index (χ1) is 9.36. The number of ether oxygens (including phenoxy) is 1. The van der Waals surface area contributed by atoms with Crippen LogP contribution in [-0.2, 0) is 6.54 Å². The smallest absolute Gasteiger partial charge is 0.135 e. The van der Waals surface area contributed by atoms with Gasteiger partial charge in [0, 0.05) is 11.9 Å². The van der Waals surface area contributed by atoms with Crippen LogP contribution in [0.5, 0.6) is 11.5 Å². The molecule has 0 aliphatic carbocycles. The van der Waals surface area contributed by atoms with Gasteiger partial charge in [-0.25, -0.2) is 0 Å². The Kier molecular flexibility index (Phi) is 3.17. The fourth-order valence-corrected chi connectivity index (χ4v) is 2.12. The Labute approximate surface area is 112 Å². The average molecular weight is 249 g/mol. The molecule has 0 heterocycles. The van der Waals surface area contributed by atoms with Crippen molar-refractivity contribution in [3.05, 3.63) is 72.3 Å².